The maximum atomic E-state index is 12.0. The number of halogens is 1. The number of nitrogens with zero attached hydrogens (tertiary/aromatic N) is 1. The first-order valence-corrected chi connectivity index (χ1v) is 6.09. The van der Waals surface area contributed by atoms with Gasteiger partial charge in [0.15, 0.2) is 0 Å². The van der Waals surface area contributed by atoms with Gasteiger partial charge >= 0.3 is 0 Å². The number of benzene rings is 1. The fraction of sp³-hybridized carbons (Fsp3) is 0.364. The van der Waals surface area contributed by atoms with Gasteiger partial charge in [0.05, 0.1) is 0 Å². The third-order valence-corrected chi connectivity index (χ3v) is 2.53. The molecule has 0 aliphatic heterocycles. The predicted octanol–water partition coefficient (Wildman–Crippen LogP) is 1.95. The largest absolute Gasteiger partial charge is 0.508 e. The Hall–Kier alpha value is -1.23. The molecular formula is C11H14BrNO3. The maximum absolute atomic E-state index is 12.0. The smallest absolute Gasteiger partial charge is 0.254 e. The molecule has 0 atom stereocenters. The molecule has 0 aliphatic carbocycles. The highest BCUT2D eigenvalue weighted by Crippen LogP contribution is 2.21. The number of alkyl halides is 1. The number of phenolic OH excluding ortho intramolecular Hbond substituents is 2. The van der Waals surface area contributed by atoms with Gasteiger partial charge in [-0.1, -0.05) is 15.9 Å². The van der Waals surface area contributed by atoms with E-state index in [0.717, 1.165) is 0 Å². The van der Waals surface area contributed by atoms with Gasteiger partial charge in [0.25, 0.3) is 5.91 Å². The highest BCUT2D eigenvalue weighted by molar-refractivity contribution is 9.09. The van der Waals surface area contributed by atoms with Crippen LogP contribution in [0, 0.1) is 0 Å². The van der Waals surface area contributed by atoms with Gasteiger partial charge in [0.1, 0.15) is 11.5 Å². The SMILES string of the molecule is CCN(CCBr)C(=O)c1cc(O)cc(O)c1. The van der Waals surface area contributed by atoms with E-state index in [4.69, 9.17) is 0 Å². The topological polar surface area (TPSA) is 60.8 Å². The summed E-state index contributed by atoms with van der Waals surface area (Å²) in [4.78, 5) is 13.6. The van der Waals surface area contributed by atoms with E-state index in [9.17, 15) is 15.0 Å². The molecule has 0 aromatic heterocycles. The summed E-state index contributed by atoms with van der Waals surface area (Å²) >= 11 is 3.27. The molecule has 1 aromatic rings. The van der Waals surface area contributed by atoms with Crippen LogP contribution in [0.15, 0.2) is 18.2 Å². The van der Waals surface area contributed by atoms with Crippen molar-refractivity contribution in [3.8, 4) is 11.5 Å². The van der Waals surface area contributed by atoms with Gasteiger partial charge in [-0.05, 0) is 19.1 Å². The van der Waals surface area contributed by atoms with Gasteiger partial charge in [-0.15, -0.1) is 0 Å². The Morgan fingerprint density at radius 3 is 2.31 bits per heavy atom. The zero-order valence-electron chi connectivity index (χ0n) is 8.98. The average Bonchev–Trinajstić information content (AvgIpc) is 2.23. The van der Waals surface area contributed by atoms with Crippen LogP contribution < -0.4 is 0 Å². The number of rotatable bonds is 4. The minimum atomic E-state index is -0.201. The van der Waals surface area contributed by atoms with Gasteiger partial charge in [-0.3, -0.25) is 4.79 Å². The van der Waals surface area contributed by atoms with Crippen LogP contribution in [-0.4, -0.2) is 39.4 Å². The predicted molar refractivity (Wildman–Crippen MR) is 65.1 cm³/mol. The summed E-state index contributed by atoms with van der Waals surface area (Å²) in [7, 11) is 0. The van der Waals surface area contributed by atoms with Crippen molar-refractivity contribution in [3.05, 3.63) is 23.8 Å². The van der Waals surface area contributed by atoms with E-state index < -0.39 is 0 Å². The molecule has 0 unspecified atom stereocenters. The summed E-state index contributed by atoms with van der Waals surface area (Å²) < 4.78 is 0. The fourth-order valence-electron chi connectivity index (χ4n) is 1.41. The molecule has 1 aromatic carbocycles. The lowest BCUT2D eigenvalue weighted by atomic mass is 10.1. The molecule has 0 bridgehead atoms. The third-order valence-electron chi connectivity index (χ3n) is 2.17. The van der Waals surface area contributed by atoms with Crippen LogP contribution in [-0.2, 0) is 0 Å². The van der Waals surface area contributed by atoms with Crippen molar-refractivity contribution in [1.29, 1.82) is 0 Å². The molecule has 0 aliphatic rings. The Bertz CT molecular complexity index is 361. The van der Waals surface area contributed by atoms with Crippen molar-refractivity contribution < 1.29 is 15.0 Å². The van der Waals surface area contributed by atoms with Crippen LogP contribution in [0.3, 0.4) is 0 Å². The first-order valence-electron chi connectivity index (χ1n) is 4.96. The van der Waals surface area contributed by atoms with E-state index in [1.54, 1.807) is 4.90 Å². The highest BCUT2D eigenvalue weighted by Gasteiger charge is 2.14. The quantitative estimate of drug-likeness (QED) is 0.833. The molecule has 88 valence electrons. The molecule has 5 heteroatoms. The standard InChI is InChI=1S/C11H14BrNO3/c1-2-13(4-3-12)11(16)8-5-9(14)7-10(15)6-8/h5-7,14-15H,2-4H2,1H3. The van der Waals surface area contributed by atoms with Gasteiger partial charge in [-0.25, -0.2) is 0 Å². The van der Waals surface area contributed by atoms with Crippen LogP contribution in [0.4, 0.5) is 0 Å². The van der Waals surface area contributed by atoms with Crippen LogP contribution >= 0.6 is 15.9 Å². The van der Waals surface area contributed by atoms with Crippen molar-refractivity contribution in [2.45, 2.75) is 6.92 Å². The van der Waals surface area contributed by atoms with Crippen LogP contribution in [0.2, 0.25) is 0 Å². The van der Waals surface area contributed by atoms with Gasteiger partial charge in [0.2, 0.25) is 0 Å². The van der Waals surface area contributed by atoms with Crippen LogP contribution in [0.25, 0.3) is 0 Å². The monoisotopic (exact) mass is 287 g/mol. The van der Waals surface area contributed by atoms with Crippen LogP contribution in [0.1, 0.15) is 17.3 Å². The molecule has 16 heavy (non-hydrogen) atoms. The number of amides is 1. The molecule has 1 rings (SSSR count). The van der Waals surface area contributed by atoms with E-state index >= 15 is 0 Å². The van der Waals surface area contributed by atoms with Crippen LogP contribution in [0.5, 0.6) is 11.5 Å². The summed E-state index contributed by atoms with van der Waals surface area (Å²) in [5.41, 5.74) is 0.292. The zero-order valence-corrected chi connectivity index (χ0v) is 10.6. The summed E-state index contributed by atoms with van der Waals surface area (Å²) in [5, 5.41) is 19.3. The molecule has 0 saturated heterocycles. The number of phenols is 2. The highest BCUT2D eigenvalue weighted by atomic mass is 79.9. The molecule has 0 radical (unpaired) electrons. The van der Waals surface area contributed by atoms with Crippen molar-refractivity contribution in [2.24, 2.45) is 0 Å². The summed E-state index contributed by atoms with van der Waals surface area (Å²) in [6.07, 6.45) is 0. The Labute approximate surface area is 103 Å². The van der Waals surface area contributed by atoms with E-state index in [-0.39, 0.29) is 17.4 Å². The number of aromatic hydroxyl groups is 2. The molecule has 4 nitrogen and oxygen atoms in total. The lowest BCUT2D eigenvalue weighted by molar-refractivity contribution is 0.0774. The summed E-state index contributed by atoms with van der Waals surface area (Å²) in [6.45, 7) is 3.05. The van der Waals surface area contributed by atoms with Gasteiger partial charge < -0.3 is 15.1 Å². The first kappa shape index (κ1) is 12.8. The minimum Gasteiger partial charge on any atom is -0.508 e. The molecule has 0 spiro atoms. The van der Waals surface area contributed by atoms with Crippen molar-refractivity contribution in [2.75, 3.05) is 18.4 Å². The van der Waals surface area contributed by atoms with Gasteiger partial charge in [0, 0.05) is 30.0 Å². The number of carbonyl (C=O) groups excluding carboxylic acids is 1. The normalized spacial score (nSPS) is 10.1. The molecule has 0 saturated carbocycles. The molecular weight excluding hydrogens is 274 g/mol. The molecule has 0 heterocycles. The Kier molecular flexibility index (Phi) is 4.61. The Morgan fingerprint density at radius 1 is 1.31 bits per heavy atom. The van der Waals surface area contributed by atoms with E-state index in [0.29, 0.717) is 24.0 Å². The van der Waals surface area contributed by atoms with E-state index in [2.05, 4.69) is 15.9 Å². The van der Waals surface area contributed by atoms with E-state index in [1.165, 1.54) is 18.2 Å². The first-order chi connectivity index (χ1) is 7.58. The maximum Gasteiger partial charge on any atom is 0.254 e. The number of hydrogen-bond acceptors (Lipinski definition) is 3. The minimum absolute atomic E-state index is 0.113. The summed E-state index contributed by atoms with van der Waals surface area (Å²) in [6, 6.07) is 3.88. The summed E-state index contributed by atoms with van der Waals surface area (Å²) in [5.74, 6) is -0.426. The lowest BCUT2D eigenvalue weighted by Crippen LogP contribution is -2.32. The van der Waals surface area contributed by atoms with Crippen molar-refractivity contribution in [1.82, 2.24) is 4.90 Å². The van der Waals surface area contributed by atoms with E-state index in [1.807, 2.05) is 6.92 Å². The second-order valence-corrected chi connectivity index (χ2v) is 4.10. The Balaban J connectivity index is 2.94. The number of hydrogen-bond donors (Lipinski definition) is 2. The molecule has 1 amide bonds. The molecule has 0 fully saturated rings. The van der Waals surface area contributed by atoms with Crippen molar-refractivity contribution >= 4 is 21.8 Å². The zero-order chi connectivity index (χ0) is 12.1. The second-order valence-electron chi connectivity index (χ2n) is 3.31. The van der Waals surface area contributed by atoms with Gasteiger partial charge in [-0.2, -0.15) is 0 Å². The molecule has 2 N–H and O–H groups in total. The second kappa shape index (κ2) is 5.75. The average molecular weight is 288 g/mol. The Morgan fingerprint density at radius 2 is 1.88 bits per heavy atom. The van der Waals surface area contributed by atoms with Crippen molar-refractivity contribution in [3.63, 3.8) is 0 Å². The third kappa shape index (κ3) is 3.13. The number of carbonyl (C=O) groups is 1. The lowest BCUT2D eigenvalue weighted by Gasteiger charge is -2.19. The fourth-order valence-corrected chi connectivity index (χ4v) is 1.83.